The Kier molecular flexibility index (Phi) is 2.55. The van der Waals surface area contributed by atoms with Crippen molar-refractivity contribution >= 4 is 23.6 Å². The summed E-state index contributed by atoms with van der Waals surface area (Å²) in [4.78, 5) is 20.7. The van der Waals surface area contributed by atoms with Crippen molar-refractivity contribution in [1.29, 1.82) is 0 Å². The fraction of sp³-hybridized carbons (Fsp3) is 0.125. The lowest BCUT2D eigenvalue weighted by Crippen LogP contribution is -1.87. The van der Waals surface area contributed by atoms with Crippen LogP contribution in [0.2, 0.25) is 5.02 Å². The molecule has 0 aliphatic carbocycles. The summed E-state index contributed by atoms with van der Waals surface area (Å²) in [7, 11) is 0. The number of rotatable bonds is 2. The van der Waals surface area contributed by atoms with E-state index in [1.54, 1.807) is 13.0 Å². The molecule has 0 fully saturated rings. The van der Waals surface area contributed by atoms with Gasteiger partial charge >= 0.3 is 0 Å². The number of benzene rings is 1. The predicted molar refractivity (Wildman–Crippen MR) is 47.0 cm³/mol. The van der Waals surface area contributed by atoms with Crippen LogP contribution in [-0.4, -0.2) is 6.29 Å². The average Bonchev–Trinajstić information content (AvgIpc) is 2.09. The highest BCUT2D eigenvalue weighted by molar-refractivity contribution is 6.31. The molecule has 1 rings (SSSR count). The monoisotopic (exact) mass is 183 g/mol. The molecule has 0 N–H and O–H groups in total. The van der Waals surface area contributed by atoms with Gasteiger partial charge in [0.2, 0.25) is 0 Å². The van der Waals surface area contributed by atoms with Crippen LogP contribution in [0.15, 0.2) is 17.3 Å². The Hall–Kier alpha value is -1.22. The van der Waals surface area contributed by atoms with E-state index in [0.29, 0.717) is 16.9 Å². The molecular formula is C8H6ClNO2. The molecule has 0 aliphatic rings. The van der Waals surface area contributed by atoms with Gasteiger partial charge in [0.25, 0.3) is 0 Å². The Morgan fingerprint density at radius 1 is 1.50 bits per heavy atom. The molecule has 62 valence electrons. The van der Waals surface area contributed by atoms with Crippen molar-refractivity contribution in [2.75, 3.05) is 0 Å². The summed E-state index contributed by atoms with van der Waals surface area (Å²) in [6.07, 6.45) is 0.581. The van der Waals surface area contributed by atoms with E-state index in [0.717, 1.165) is 0 Å². The number of hydrogen-bond donors (Lipinski definition) is 0. The normalized spacial score (nSPS) is 9.50. The number of nitrogens with zero attached hydrogens (tertiary/aromatic N) is 1. The van der Waals surface area contributed by atoms with E-state index in [4.69, 9.17) is 11.6 Å². The van der Waals surface area contributed by atoms with Gasteiger partial charge in [0.1, 0.15) is 5.69 Å². The second-order valence-corrected chi connectivity index (χ2v) is 2.72. The molecule has 0 heterocycles. The Morgan fingerprint density at radius 3 is 2.67 bits per heavy atom. The number of carbonyl (C=O) groups is 1. The molecule has 0 radical (unpaired) electrons. The molecular weight excluding hydrogens is 178 g/mol. The van der Waals surface area contributed by atoms with Crippen LogP contribution >= 0.6 is 11.6 Å². The smallest absolute Gasteiger partial charge is 0.152 e. The SMILES string of the molecule is Cc1c(Cl)ccc(N=O)c1C=O. The second-order valence-electron chi connectivity index (χ2n) is 2.31. The first-order valence-electron chi connectivity index (χ1n) is 3.28. The third-order valence-electron chi connectivity index (χ3n) is 1.64. The van der Waals surface area contributed by atoms with Crippen molar-refractivity contribution in [3.05, 3.63) is 33.2 Å². The van der Waals surface area contributed by atoms with Crippen molar-refractivity contribution in [3.63, 3.8) is 0 Å². The summed E-state index contributed by atoms with van der Waals surface area (Å²) in [5.41, 5.74) is 0.980. The standard InChI is InChI=1S/C8H6ClNO2/c1-5-6(4-11)8(10-12)3-2-7(5)9/h2-4H,1H3. The van der Waals surface area contributed by atoms with Gasteiger partial charge in [-0.1, -0.05) is 11.6 Å². The summed E-state index contributed by atoms with van der Waals surface area (Å²) in [5.74, 6) is 0. The van der Waals surface area contributed by atoms with Crippen molar-refractivity contribution in [2.24, 2.45) is 5.18 Å². The van der Waals surface area contributed by atoms with Gasteiger partial charge in [0.05, 0.1) is 0 Å². The van der Waals surface area contributed by atoms with Crippen LogP contribution < -0.4 is 0 Å². The number of aldehydes is 1. The third-order valence-corrected chi connectivity index (χ3v) is 2.05. The van der Waals surface area contributed by atoms with Crippen LogP contribution in [0.4, 0.5) is 5.69 Å². The van der Waals surface area contributed by atoms with Crippen LogP contribution in [0, 0.1) is 11.8 Å². The fourth-order valence-electron chi connectivity index (χ4n) is 0.916. The molecule has 3 nitrogen and oxygen atoms in total. The quantitative estimate of drug-likeness (QED) is 0.523. The molecule has 0 bridgehead atoms. The van der Waals surface area contributed by atoms with Crippen LogP contribution in [0.25, 0.3) is 0 Å². The first kappa shape index (κ1) is 8.87. The van der Waals surface area contributed by atoms with Crippen LogP contribution in [0.5, 0.6) is 0 Å². The molecule has 0 saturated heterocycles. The Morgan fingerprint density at radius 2 is 2.17 bits per heavy atom. The highest BCUT2D eigenvalue weighted by Gasteiger charge is 2.07. The van der Waals surface area contributed by atoms with Crippen LogP contribution in [-0.2, 0) is 0 Å². The summed E-state index contributed by atoms with van der Waals surface area (Å²) in [6, 6.07) is 2.96. The van der Waals surface area contributed by atoms with Gasteiger partial charge in [-0.15, -0.1) is 4.91 Å². The molecule has 1 aromatic carbocycles. The summed E-state index contributed by atoms with van der Waals surface area (Å²) >= 11 is 5.72. The molecule has 0 aromatic heterocycles. The predicted octanol–water partition coefficient (Wildman–Crippen LogP) is 2.86. The molecule has 0 spiro atoms. The first-order valence-corrected chi connectivity index (χ1v) is 3.66. The van der Waals surface area contributed by atoms with Gasteiger partial charge in [-0.3, -0.25) is 4.79 Å². The Balaban J connectivity index is 3.45. The number of nitroso groups, excluding NO2 is 1. The van der Waals surface area contributed by atoms with Gasteiger partial charge in [-0.2, -0.15) is 0 Å². The summed E-state index contributed by atoms with van der Waals surface area (Å²) < 4.78 is 0. The van der Waals surface area contributed by atoms with E-state index in [-0.39, 0.29) is 11.3 Å². The minimum atomic E-state index is 0.131. The van der Waals surface area contributed by atoms with E-state index in [1.165, 1.54) is 6.07 Å². The fourth-order valence-corrected chi connectivity index (χ4v) is 1.08. The van der Waals surface area contributed by atoms with E-state index in [9.17, 15) is 9.70 Å². The average molecular weight is 184 g/mol. The third kappa shape index (κ3) is 1.36. The van der Waals surface area contributed by atoms with Crippen molar-refractivity contribution in [3.8, 4) is 0 Å². The van der Waals surface area contributed by atoms with Crippen LogP contribution in [0.1, 0.15) is 15.9 Å². The van der Waals surface area contributed by atoms with Crippen LogP contribution in [0.3, 0.4) is 0 Å². The van der Waals surface area contributed by atoms with Gasteiger partial charge in [-0.05, 0) is 29.8 Å². The zero-order valence-corrected chi connectivity index (χ0v) is 7.13. The van der Waals surface area contributed by atoms with E-state index in [2.05, 4.69) is 5.18 Å². The number of hydrogen-bond acceptors (Lipinski definition) is 3. The topological polar surface area (TPSA) is 46.5 Å². The maximum Gasteiger partial charge on any atom is 0.152 e. The largest absolute Gasteiger partial charge is 0.298 e. The van der Waals surface area contributed by atoms with E-state index in [1.807, 2.05) is 0 Å². The zero-order valence-electron chi connectivity index (χ0n) is 6.37. The van der Waals surface area contributed by atoms with Crippen molar-refractivity contribution in [1.82, 2.24) is 0 Å². The molecule has 0 aliphatic heterocycles. The van der Waals surface area contributed by atoms with Gasteiger partial charge < -0.3 is 0 Å². The van der Waals surface area contributed by atoms with Gasteiger partial charge in [-0.25, -0.2) is 0 Å². The van der Waals surface area contributed by atoms with Gasteiger partial charge in [0, 0.05) is 10.6 Å². The zero-order chi connectivity index (χ0) is 9.14. The van der Waals surface area contributed by atoms with E-state index >= 15 is 0 Å². The summed E-state index contributed by atoms with van der Waals surface area (Å²) in [6.45, 7) is 1.67. The minimum absolute atomic E-state index is 0.131. The molecule has 0 unspecified atom stereocenters. The maximum atomic E-state index is 10.5. The number of carbonyl (C=O) groups excluding carboxylic acids is 1. The minimum Gasteiger partial charge on any atom is -0.298 e. The lowest BCUT2D eigenvalue weighted by Gasteiger charge is -2.01. The molecule has 1 aromatic rings. The molecule has 0 amide bonds. The first-order chi connectivity index (χ1) is 5.70. The lowest BCUT2D eigenvalue weighted by atomic mass is 10.1. The molecule has 4 heteroatoms. The number of halogens is 1. The highest BCUT2D eigenvalue weighted by atomic mass is 35.5. The van der Waals surface area contributed by atoms with Crippen molar-refractivity contribution < 1.29 is 4.79 Å². The van der Waals surface area contributed by atoms with Gasteiger partial charge in [0.15, 0.2) is 6.29 Å². The highest BCUT2D eigenvalue weighted by Crippen LogP contribution is 2.26. The Labute approximate surface area is 74.3 Å². The second kappa shape index (κ2) is 3.45. The van der Waals surface area contributed by atoms with Crippen molar-refractivity contribution in [2.45, 2.75) is 6.92 Å². The molecule has 0 atom stereocenters. The molecule has 0 saturated carbocycles. The lowest BCUT2D eigenvalue weighted by molar-refractivity contribution is 0.112. The van der Waals surface area contributed by atoms with E-state index < -0.39 is 0 Å². The maximum absolute atomic E-state index is 10.5. The Bertz CT molecular complexity index is 336. The molecule has 12 heavy (non-hydrogen) atoms. The summed E-state index contributed by atoms with van der Waals surface area (Å²) in [5, 5.41) is 3.17.